The molecule has 22 heavy (non-hydrogen) atoms. The number of hydrogen-bond acceptors (Lipinski definition) is 2. The van der Waals surface area contributed by atoms with Gasteiger partial charge in [0.05, 0.1) is 11.3 Å². The molecule has 1 heterocycles. The lowest BCUT2D eigenvalue weighted by atomic mass is 10.1. The van der Waals surface area contributed by atoms with Gasteiger partial charge >= 0.3 is 12.1 Å². The van der Waals surface area contributed by atoms with Gasteiger partial charge in [-0.05, 0) is 30.3 Å². The smallest absolute Gasteiger partial charge is 0.416 e. The molecular formula is C15H9ClF3NO2. The van der Waals surface area contributed by atoms with Gasteiger partial charge in [-0.2, -0.15) is 13.2 Å². The summed E-state index contributed by atoms with van der Waals surface area (Å²) in [6.07, 6.45) is -2.29. The Labute approximate surface area is 128 Å². The number of rotatable bonds is 3. The van der Waals surface area contributed by atoms with Crippen molar-refractivity contribution in [2.45, 2.75) is 6.18 Å². The van der Waals surface area contributed by atoms with Crippen LogP contribution in [0, 0.1) is 0 Å². The first-order valence-corrected chi connectivity index (χ1v) is 6.40. The number of benzene rings is 1. The van der Waals surface area contributed by atoms with E-state index in [1.165, 1.54) is 30.3 Å². The van der Waals surface area contributed by atoms with E-state index in [0.717, 1.165) is 18.2 Å². The Balaban J connectivity index is 2.38. The molecule has 0 aliphatic heterocycles. The molecule has 0 amide bonds. The monoisotopic (exact) mass is 327 g/mol. The van der Waals surface area contributed by atoms with E-state index in [1.807, 2.05) is 0 Å². The summed E-state index contributed by atoms with van der Waals surface area (Å²) in [6.45, 7) is 0. The van der Waals surface area contributed by atoms with E-state index < -0.39 is 17.7 Å². The Morgan fingerprint density at radius 2 is 1.95 bits per heavy atom. The van der Waals surface area contributed by atoms with Crippen LogP contribution in [0.4, 0.5) is 13.2 Å². The molecule has 1 aromatic carbocycles. The average Bonchev–Trinajstić information content (AvgIpc) is 2.45. The third-order valence-corrected chi connectivity index (χ3v) is 3.07. The van der Waals surface area contributed by atoms with Crippen molar-refractivity contribution in [3.8, 4) is 11.3 Å². The van der Waals surface area contributed by atoms with Crippen molar-refractivity contribution in [1.29, 1.82) is 0 Å². The van der Waals surface area contributed by atoms with Gasteiger partial charge in [0.25, 0.3) is 0 Å². The number of aliphatic carboxylic acids is 1. The standard InChI is InChI=1S/C15H9ClF3NO2/c16-14-9(5-7-13(21)22)4-6-12(20-14)10-2-1-3-11(8-10)15(17,18)19/h1-8H,(H,21,22). The van der Waals surface area contributed by atoms with E-state index in [2.05, 4.69) is 4.98 Å². The van der Waals surface area contributed by atoms with Crippen molar-refractivity contribution < 1.29 is 23.1 Å². The quantitative estimate of drug-likeness (QED) is 0.666. The van der Waals surface area contributed by atoms with Crippen LogP contribution in [0.25, 0.3) is 17.3 Å². The fraction of sp³-hybridized carbons (Fsp3) is 0.0667. The van der Waals surface area contributed by atoms with Gasteiger partial charge in [0.15, 0.2) is 0 Å². The molecule has 0 fully saturated rings. The highest BCUT2D eigenvalue weighted by molar-refractivity contribution is 6.31. The van der Waals surface area contributed by atoms with E-state index in [-0.39, 0.29) is 16.4 Å². The number of carbonyl (C=O) groups is 1. The zero-order valence-electron chi connectivity index (χ0n) is 10.9. The summed E-state index contributed by atoms with van der Waals surface area (Å²) < 4.78 is 38.1. The summed E-state index contributed by atoms with van der Waals surface area (Å²) >= 11 is 5.91. The number of nitrogens with zero attached hydrogens (tertiary/aromatic N) is 1. The lowest BCUT2D eigenvalue weighted by Crippen LogP contribution is -2.04. The highest BCUT2D eigenvalue weighted by Gasteiger charge is 2.30. The predicted molar refractivity (Wildman–Crippen MR) is 76.4 cm³/mol. The summed E-state index contributed by atoms with van der Waals surface area (Å²) in [5.74, 6) is -1.14. The van der Waals surface area contributed by atoms with Gasteiger partial charge in [0.2, 0.25) is 0 Å². The van der Waals surface area contributed by atoms with Gasteiger partial charge in [-0.25, -0.2) is 9.78 Å². The molecule has 0 aliphatic rings. The zero-order chi connectivity index (χ0) is 16.3. The van der Waals surface area contributed by atoms with Gasteiger partial charge in [-0.15, -0.1) is 0 Å². The molecule has 0 saturated heterocycles. The number of alkyl halides is 3. The molecule has 2 rings (SSSR count). The molecular weight excluding hydrogens is 319 g/mol. The normalized spacial score (nSPS) is 11.8. The molecule has 0 aliphatic carbocycles. The summed E-state index contributed by atoms with van der Waals surface area (Å²) in [7, 11) is 0. The topological polar surface area (TPSA) is 50.2 Å². The van der Waals surface area contributed by atoms with Crippen molar-refractivity contribution >= 4 is 23.6 Å². The Morgan fingerprint density at radius 3 is 2.55 bits per heavy atom. The van der Waals surface area contributed by atoms with E-state index in [9.17, 15) is 18.0 Å². The molecule has 0 radical (unpaired) electrons. The summed E-state index contributed by atoms with van der Waals surface area (Å²) in [6, 6.07) is 7.68. The van der Waals surface area contributed by atoms with E-state index >= 15 is 0 Å². The maximum atomic E-state index is 12.7. The van der Waals surface area contributed by atoms with Gasteiger partial charge in [-0.3, -0.25) is 0 Å². The van der Waals surface area contributed by atoms with Crippen molar-refractivity contribution in [2.75, 3.05) is 0 Å². The molecule has 2 aromatic rings. The number of carboxylic acid groups (broad SMARTS) is 1. The van der Waals surface area contributed by atoms with Crippen molar-refractivity contribution in [2.24, 2.45) is 0 Å². The molecule has 0 atom stereocenters. The molecule has 0 saturated carbocycles. The molecule has 0 unspecified atom stereocenters. The van der Waals surface area contributed by atoms with Crippen LogP contribution >= 0.6 is 11.6 Å². The van der Waals surface area contributed by atoms with Crippen LogP contribution in [0.2, 0.25) is 5.15 Å². The van der Waals surface area contributed by atoms with Crippen LogP contribution in [0.3, 0.4) is 0 Å². The SMILES string of the molecule is O=C(O)C=Cc1ccc(-c2cccc(C(F)(F)F)c2)nc1Cl. The minimum atomic E-state index is -4.44. The van der Waals surface area contributed by atoms with Crippen LogP contribution in [0.5, 0.6) is 0 Å². The average molecular weight is 328 g/mol. The largest absolute Gasteiger partial charge is 0.478 e. The molecule has 0 spiro atoms. The summed E-state index contributed by atoms with van der Waals surface area (Å²) in [4.78, 5) is 14.4. The fourth-order valence-electron chi connectivity index (χ4n) is 1.75. The highest BCUT2D eigenvalue weighted by atomic mass is 35.5. The summed E-state index contributed by atoms with van der Waals surface area (Å²) in [5.41, 5.74) is 0.117. The Hall–Kier alpha value is -2.34. The summed E-state index contributed by atoms with van der Waals surface area (Å²) in [5, 5.41) is 8.56. The third-order valence-electron chi connectivity index (χ3n) is 2.77. The zero-order valence-corrected chi connectivity index (χ0v) is 11.7. The molecule has 3 nitrogen and oxygen atoms in total. The number of halogens is 4. The van der Waals surface area contributed by atoms with E-state index in [0.29, 0.717) is 5.56 Å². The number of carboxylic acids is 1. The minimum absolute atomic E-state index is 0.00686. The van der Waals surface area contributed by atoms with Crippen LogP contribution in [-0.2, 0) is 11.0 Å². The molecule has 114 valence electrons. The maximum absolute atomic E-state index is 12.7. The van der Waals surface area contributed by atoms with E-state index in [1.54, 1.807) is 0 Å². The second-order valence-electron chi connectivity index (χ2n) is 4.33. The maximum Gasteiger partial charge on any atom is 0.416 e. The number of aromatic nitrogens is 1. The number of pyridine rings is 1. The van der Waals surface area contributed by atoms with Crippen molar-refractivity contribution in [1.82, 2.24) is 4.98 Å². The number of hydrogen-bond donors (Lipinski definition) is 1. The Kier molecular flexibility index (Phi) is 4.51. The fourth-order valence-corrected chi connectivity index (χ4v) is 1.96. The first-order chi connectivity index (χ1) is 10.3. The Bertz CT molecular complexity index is 742. The van der Waals surface area contributed by atoms with E-state index in [4.69, 9.17) is 16.7 Å². The van der Waals surface area contributed by atoms with Gasteiger partial charge in [-0.1, -0.05) is 23.7 Å². The van der Waals surface area contributed by atoms with Crippen molar-refractivity contribution in [3.05, 3.63) is 58.8 Å². The molecule has 0 bridgehead atoms. The van der Waals surface area contributed by atoms with Crippen LogP contribution in [0.1, 0.15) is 11.1 Å². The predicted octanol–water partition coefficient (Wildman–Crippen LogP) is 4.52. The lowest BCUT2D eigenvalue weighted by molar-refractivity contribution is -0.137. The minimum Gasteiger partial charge on any atom is -0.478 e. The lowest BCUT2D eigenvalue weighted by Gasteiger charge is -2.09. The first kappa shape index (κ1) is 16.0. The first-order valence-electron chi connectivity index (χ1n) is 6.02. The highest BCUT2D eigenvalue weighted by Crippen LogP contribution is 2.32. The second-order valence-corrected chi connectivity index (χ2v) is 4.68. The van der Waals surface area contributed by atoms with Crippen LogP contribution < -0.4 is 0 Å². The van der Waals surface area contributed by atoms with Crippen LogP contribution in [0.15, 0.2) is 42.5 Å². The van der Waals surface area contributed by atoms with Gasteiger partial charge in [0.1, 0.15) is 5.15 Å². The molecule has 1 N–H and O–H groups in total. The second kappa shape index (κ2) is 6.19. The third kappa shape index (κ3) is 3.85. The molecule has 7 heteroatoms. The van der Waals surface area contributed by atoms with Gasteiger partial charge in [0, 0.05) is 17.2 Å². The van der Waals surface area contributed by atoms with Crippen molar-refractivity contribution in [3.63, 3.8) is 0 Å². The van der Waals surface area contributed by atoms with Gasteiger partial charge < -0.3 is 5.11 Å². The van der Waals surface area contributed by atoms with Crippen LogP contribution in [-0.4, -0.2) is 16.1 Å². The molecule has 1 aromatic heterocycles. The Morgan fingerprint density at radius 1 is 1.23 bits per heavy atom.